The fraction of sp³-hybridized carbons (Fsp3) is 0.0870. The average molecular weight is 341 g/mol. The predicted octanol–water partition coefficient (Wildman–Crippen LogP) is 5.15. The van der Waals surface area contributed by atoms with Gasteiger partial charge < -0.3 is 9.72 Å². The molecule has 0 bridgehead atoms. The number of H-pyrrole nitrogens is 1. The number of nitrogens with one attached hydrogen (secondary N) is 1. The molecule has 0 spiro atoms. The van der Waals surface area contributed by atoms with Gasteiger partial charge in [0.15, 0.2) is 6.29 Å². The molecule has 0 aliphatic carbocycles. The maximum absolute atomic E-state index is 11.5. The minimum atomic E-state index is 0.553. The van der Waals surface area contributed by atoms with Gasteiger partial charge in [-0.2, -0.15) is 0 Å². The number of rotatable bonds is 6. The van der Waals surface area contributed by atoms with Crippen molar-refractivity contribution < 1.29 is 9.53 Å². The van der Waals surface area contributed by atoms with Crippen LogP contribution in [-0.2, 0) is 13.0 Å². The molecule has 0 aliphatic heterocycles. The van der Waals surface area contributed by atoms with Gasteiger partial charge in [0.05, 0.1) is 0 Å². The van der Waals surface area contributed by atoms with Crippen molar-refractivity contribution >= 4 is 17.2 Å². The number of fused-ring (bicyclic) bond motifs is 1. The summed E-state index contributed by atoms with van der Waals surface area (Å²) in [5.74, 6) is 0.838. The van der Waals surface area contributed by atoms with Crippen LogP contribution >= 0.6 is 0 Å². The van der Waals surface area contributed by atoms with Crippen LogP contribution in [0.25, 0.3) is 10.9 Å². The highest BCUT2D eigenvalue weighted by Crippen LogP contribution is 2.24. The second-order valence-corrected chi connectivity index (χ2v) is 6.28. The van der Waals surface area contributed by atoms with E-state index in [-0.39, 0.29) is 0 Å². The van der Waals surface area contributed by atoms with Gasteiger partial charge in [0, 0.05) is 28.6 Å². The molecule has 1 aromatic heterocycles. The summed E-state index contributed by atoms with van der Waals surface area (Å²) in [6.07, 6.45) is 1.62. The fourth-order valence-electron chi connectivity index (χ4n) is 3.14. The molecule has 128 valence electrons. The molecule has 1 N–H and O–H groups in total. The lowest BCUT2D eigenvalue weighted by molar-refractivity contribution is 0.112. The van der Waals surface area contributed by atoms with E-state index in [9.17, 15) is 4.79 Å². The molecular formula is C23H19NO2. The Hall–Kier alpha value is -3.33. The molecule has 0 amide bonds. The zero-order chi connectivity index (χ0) is 17.8. The van der Waals surface area contributed by atoms with E-state index in [2.05, 4.69) is 4.98 Å². The molecule has 3 aromatic carbocycles. The van der Waals surface area contributed by atoms with Crippen LogP contribution in [0.5, 0.6) is 5.75 Å². The number of hydrogen-bond donors (Lipinski definition) is 1. The summed E-state index contributed by atoms with van der Waals surface area (Å²) in [7, 11) is 0. The Kier molecular flexibility index (Phi) is 4.52. The second kappa shape index (κ2) is 7.28. The Bertz CT molecular complexity index is 1020. The zero-order valence-electron chi connectivity index (χ0n) is 14.3. The lowest BCUT2D eigenvalue weighted by Gasteiger charge is -2.07. The number of benzene rings is 3. The van der Waals surface area contributed by atoms with E-state index in [4.69, 9.17) is 4.74 Å². The average Bonchev–Trinajstić information content (AvgIpc) is 3.05. The van der Waals surface area contributed by atoms with Gasteiger partial charge >= 0.3 is 0 Å². The number of aromatic amines is 1. The lowest BCUT2D eigenvalue weighted by atomic mass is 10.1. The van der Waals surface area contributed by atoms with Crippen LogP contribution in [0, 0.1) is 0 Å². The van der Waals surface area contributed by atoms with Gasteiger partial charge in [-0.3, -0.25) is 4.79 Å². The molecule has 4 rings (SSSR count). The fourth-order valence-corrected chi connectivity index (χ4v) is 3.14. The third-order valence-corrected chi connectivity index (χ3v) is 4.50. The molecule has 26 heavy (non-hydrogen) atoms. The Balaban J connectivity index is 1.48. The summed E-state index contributed by atoms with van der Waals surface area (Å²) in [5.41, 5.74) is 4.95. The summed E-state index contributed by atoms with van der Waals surface area (Å²) < 4.78 is 5.83. The number of hydrogen-bond acceptors (Lipinski definition) is 2. The van der Waals surface area contributed by atoms with E-state index in [0.29, 0.717) is 13.0 Å². The third kappa shape index (κ3) is 3.38. The highest BCUT2D eigenvalue weighted by atomic mass is 16.5. The standard InChI is InChI=1S/C23H19NO2/c25-15-21-20-8-4-5-9-22(20)24-23(21)14-17-10-12-19(13-11-17)26-16-18-6-2-1-3-7-18/h1-13,15,24H,14,16H2. The van der Waals surface area contributed by atoms with Crippen molar-refractivity contribution in [3.63, 3.8) is 0 Å². The van der Waals surface area contributed by atoms with Gasteiger partial charge in [0.1, 0.15) is 12.4 Å². The van der Waals surface area contributed by atoms with Crippen molar-refractivity contribution in [1.29, 1.82) is 0 Å². The minimum Gasteiger partial charge on any atom is -0.489 e. The van der Waals surface area contributed by atoms with Crippen molar-refractivity contribution in [1.82, 2.24) is 4.98 Å². The van der Waals surface area contributed by atoms with Gasteiger partial charge in [-0.05, 0) is 29.3 Å². The van der Waals surface area contributed by atoms with Gasteiger partial charge in [0.2, 0.25) is 0 Å². The van der Waals surface area contributed by atoms with Crippen LogP contribution in [0.1, 0.15) is 27.2 Å². The molecule has 0 radical (unpaired) electrons. The summed E-state index contributed by atoms with van der Waals surface area (Å²) in [4.78, 5) is 14.9. The van der Waals surface area contributed by atoms with Gasteiger partial charge in [-0.15, -0.1) is 0 Å². The molecule has 3 nitrogen and oxygen atoms in total. The Morgan fingerprint density at radius 2 is 1.54 bits per heavy atom. The zero-order valence-corrected chi connectivity index (χ0v) is 14.3. The molecule has 4 aromatic rings. The number of para-hydroxylation sites is 1. The van der Waals surface area contributed by atoms with E-state index in [0.717, 1.165) is 45.3 Å². The molecule has 0 saturated carbocycles. The van der Waals surface area contributed by atoms with E-state index >= 15 is 0 Å². The molecule has 0 aliphatic rings. The van der Waals surface area contributed by atoms with Crippen molar-refractivity contribution in [3.05, 3.63) is 101 Å². The van der Waals surface area contributed by atoms with Gasteiger partial charge in [-0.1, -0.05) is 60.7 Å². The summed E-state index contributed by atoms with van der Waals surface area (Å²) in [5, 5.41) is 0.973. The normalized spacial score (nSPS) is 10.8. The first kappa shape index (κ1) is 16.2. The van der Waals surface area contributed by atoms with Crippen LogP contribution in [0.4, 0.5) is 0 Å². The maximum Gasteiger partial charge on any atom is 0.152 e. The van der Waals surface area contributed by atoms with Crippen LogP contribution in [0.15, 0.2) is 78.9 Å². The Morgan fingerprint density at radius 1 is 0.808 bits per heavy atom. The lowest BCUT2D eigenvalue weighted by Crippen LogP contribution is -1.96. The highest BCUT2D eigenvalue weighted by Gasteiger charge is 2.10. The quantitative estimate of drug-likeness (QED) is 0.493. The third-order valence-electron chi connectivity index (χ3n) is 4.50. The van der Waals surface area contributed by atoms with E-state index < -0.39 is 0 Å². The van der Waals surface area contributed by atoms with Crippen molar-refractivity contribution in [2.24, 2.45) is 0 Å². The smallest absolute Gasteiger partial charge is 0.152 e. The molecule has 0 atom stereocenters. The van der Waals surface area contributed by atoms with Crippen molar-refractivity contribution in [2.45, 2.75) is 13.0 Å². The molecule has 1 heterocycles. The molecule has 0 fully saturated rings. The Morgan fingerprint density at radius 3 is 2.31 bits per heavy atom. The number of carbonyl (C=O) groups excluding carboxylic acids is 1. The van der Waals surface area contributed by atoms with Crippen LogP contribution in [0.3, 0.4) is 0 Å². The molecule has 0 saturated heterocycles. The van der Waals surface area contributed by atoms with Crippen LogP contribution < -0.4 is 4.74 Å². The van der Waals surface area contributed by atoms with Crippen LogP contribution in [0.2, 0.25) is 0 Å². The van der Waals surface area contributed by atoms with E-state index in [1.54, 1.807) is 0 Å². The first-order valence-electron chi connectivity index (χ1n) is 8.64. The number of aldehydes is 1. The summed E-state index contributed by atoms with van der Waals surface area (Å²) in [6, 6.07) is 26.0. The topological polar surface area (TPSA) is 42.1 Å². The largest absolute Gasteiger partial charge is 0.489 e. The van der Waals surface area contributed by atoms with Crippen molar-refractivity contribution in [2.75, 3.05) is 0 Å². The number of carbonyl (C=O) groups is 1. The number of ether oxygens (including phenoxy) is 1. The Labute approximate surface area is 152 Å². The summed E-state index contributed by atoms with van der Waals surface area (Å²) in [6.45, 7) is 0.553. The van der Waals surface area contributed by atoms with Gasteiger partial charge in [-0.25, -0.2) is 0 Å². The van der Waals surface area contributed by atoms with E-state index in [1.807, 2.05) is 78.9 Å². The van der Waals surface area contributed by atoms with Crippen LogP contribution in [-0.4, -0.2) is 11.3 Å². The monoisotopic (exact) mass is 341 g/mol. The number of aromatic nitrogens is 1. The maximum atomic E-state index is 11.5. The van der Waals surface area contributed by atoms with Crippen molar-refractivity contribution in [3.8, 4) is 5.75 Å². The van der Waals surface area contributed by atoms with Gasteiger partial charge in [0.25, 0.3) is 0 Å². The highest BCUT2D eigenvalue weighted by molar-refractivity contribution is 5.99. The second-order valence-electron chi connectivity index (χ2n) is 6.28. The molecular weight excluding hydrogens is 322 g/mol. The minimum absolute atomic E-state index is 0.553. The van der Waals surface area contributed by atoms with E-state index in [1.165, 1.54) is 0 Å². The predicted molar refractivity (Wildman–Crippen MR) is 104 cm³/mol. The summed E-state index contributed by atoms with van der Waals surface area (Å²) >= 11 is 0. The first-order valence-corrected chi connectivity index (χ1v) is 8.64. The SMILES string of the molecule is O=Cc1c(Cc2ccc(OCc3ccccc3)cc2)[nH]c2ccccc12. The molecule has 3 heteroatoms. The first-order chi connectivity index (χ1) is 12.8. The molecule has 0 unspecified atom stereocenters.